The van der Waals surface area contributed by atoms with E-state index in [1.165, 1.54) is 0 Å². The minimum absolute atomic E-state index is 0.481. The van der Waals surface area contributed by atoms with Crippen LogP contribution in [0.2, 0.25) is 0 Å². The monoisotopic (exact) mass is 280 g/mol. The summed E-state index contributed by atoms with van der Waals surface area (Å²) in [5.74, 6) is 0. The van der Waals surface area contributed by atoms with Gasteiger partial charge in [-0.15, -0.1) is 0 Å². The lowest BCUT2D eigenvalue weighted by molar-refractivity contribution is -0.628. The Labute approximate surface area is 81.3 Å². The second-order valence-electron chi connectivity index (χ2n) is 1.90. The van der Waals surface area contributed by atoms with Crippen LogP contribution in [0.1, 0.15) is 0 Å². The van der Waals surface area contributed by atoms with Gasteiger partial charge in [0.25, 0.3) is 9.21 Å². The van der Waals surface area contributed by atoms with Crippen molar-refractivity contribution in [1.29, 1.82) is 0 Å². The molecule has 60 valence electrons. The van der Waals surface area contributed by atoms with E-state index in [2.05, 4.69) is 37.2 Å². The first-order chi connectivity index (χ1) is 5.16. The van der Waals surface area contributed by atoms with Gasteiger partial charge in [-0.1, -0.05) is 0 Å². The molecule has 0 fully saturated rings. The van der Waals surface area contributed by atoms with Gasteiger partial charge in [0.05, 0.1) is 0 Å². The van der Waals surface area contributed by atoms with Crippen molar-refractivity contribution in [2.24, 2.45) is 0 Å². The highest BCUT2D eigenvalue weighted by atomic mass is 79.9. The molecule has 1 N–H and O–H groups in total. The molecule has 0 aromatic carbocycles. The molecule has 11 heavy (non-hydrogen) atoms. The number of aromatic nitrogens is 1. The molecule has 0 bridgehead atoms. The Morgan fingerprint density at radius 2 is 2.09 bits per heavy atom. The molecule has 5 heteroatoms. The second-order valence-corrected chi connectivity index (χ2v) is 3.47. The average molecular weight is 282 g/mol. The maximum atomic E-state index is 11.1. The normalized spacial score (nSPS) is 9.73. The number of hydrogen-bond acceptors (Lipinski definition) is 2. The van der Waals surface area contributed by atoms with Gasteiger partial charge in [-0.25, -0.2) is 0 Å². The fourth-order valence-electron chi connectivity index (χ4n) is 0.678. The first kappa shape index (κ1) is 8.80. The molecule has 0 atom stereocenters. The molecular formula is C6H6Br2N2O. The van der Waals surface area contributed by atoms with Crippen LogP contribution in [-0.2, 0) is 0 Å². The van der Waals surface area contributed by atoms with E-state index in [0.717, 1.165) is 10.4 Å². The van der Waals surface area contributed by atoms with E-state index in [9.17, 15) is 5.21 Å². The van der Waals surface area contributed by atoms with Crippen molar-refractivity contribution in [3.63, 3.8) is 0 Å². The van der Waals surface area contributed by atoms with Crippen molar-refractivity contribution in [1.82, 2.24) is 0 Å². The van der Waals surface area contributed by atoms with Crippen LogP contribution < -0.4 is 10.0 Å². The molecule has 1 heterocycles. The Bertz CT molecular complexity index is 278. The van der Waals surface area contributed by atoms with Gasteiger partial charge in [-0.3, -0.25) is 0 Å². The fourth-order valence-corrected chi connectivity index (χ4v) is 1.75. The highest BCUT2D eigenvalue weighted by Crippen LogP contribution is 2.19. The van der Waals surface area contributed by atoms with Crippen LogP contribution in [0.4, 0.5) is 5.69 Å². The minimum Gasteiger partial charge on any atom is -0.617 e. The van der Waals surface area contributed by atoms with Gasteiger partial charge in [0.1, 0.15) is 5.69 Å². The molecule has 0 spiro atoms. The quantitative estimate of drug-likeness (QED) is 0.485. The SMILES string of the molecule is CNc1ccc(Br)[n+]([O-])c1Br. The Kier molecular flexibility index (Phi) is 2.72. The third-order valence-electron chi connectivity index (χ3n) is 1.25. The topological polar surface area (TPSA) is 39.0 Å². The third kappa shape index (κ3) is 1.65. The number of halogens is 2. The van der Waals surface area contributed by atoms with Crippen molar-refractivity contribution in [3.05, 3.63) is 26.5 Å². The van der Waals surface area contributed by atoms with E-state index in [1.54, 1.807) is 13.1 Å². The highest BCUT2D eigenvalue weighted by Gasteiger charge is 2.10. The summed E-state index contributed by atoms with van der Waals surface area (Å²) in [6.07, 6.45) is 0. The Hall–Kier alpha value is -0.290. The van der Waals surface area contributed by atoms with Crippen molar-refractivity contribution in [2.75, 3.05) is 12.4 Å². The van der Waals surface area contributed by atoms with E-state index in [0.29, 0.717) is 9.21 Å². The Morgan fingerprint density at radius 3 is 2.64 bits per heavy atom. The second kappa shape index (κ2) is 3.40. The molecule has 1 aromatic heterocycles. The third-order valence-corrected chi connectivity index (χ3v) is 2.59. The van der Waals surface area contributed by atoms with Crippen LogP contribution in [0.3, 0.4) is 0 Å². The maximum absolute atomic E-state index is 11.1. The van der Waals surface area contributed by atoms with E-state index in [4.69, 9.17) is 0 Å². The molecule has 0 amide bonds. The lowest BCUT2D eigenvalue weighted by Crippen LogP contribution is -2.30. The van der Waals surface area contributed by atoms with Crippen LogP contribution in [0.5, 0.6) is 0 Å². The molecule has 1 aromatic rings. The van der Waals surface area contributed by atoms with Gasteiger partial charge < -0.3 is 10.5 Å². The predicted octanol–water partition coefficient (Wildman–Crippen LogP) is 1.89. The summed E-state index contributed by atoms with van der Waals surface area (Å²) in [6.45, 7) is 0. The summed E-state index contributed by atoms with van der Waals surface area (Å²) in [7, 11) is 1.76. The fraction of sp³-hybridized carbons (Fsp3) is 0.167. The number of nitrogens with one attached hydrogen (secondary N) is 1. The first-order valence-corrected chi connectivity index (χ1v) is 4.50. The van der Waals surface area contributed by atoms with Crippen LogP contribution in [-0.4, -0.2) is 7.05 Å². The first-order valence-electron chi connectivity index (χ1n) is 2.92. The Balaban J connectivity index is 3.25. The summed E-state index contributed by atoms with van der Waals surface area (Å²) in [5.41, 5.74) is 0.767. The maximum Gasteiger partial charge on any atom is 0.283 e. The predicted molar refractivity (Wildman–Crippen MR) is 50.3 cm³/mol. The van der Waals surface area contributed by atoms with Crippen LogP contribution >= 0.6 is 31.9 Å². The minimum atomic E-state index is 0.481. The number of pyridine rings is 1. The van der Waals surface area contributed by atoms with Gasteiger partial charge in [0.2, 0.25) is 0 Å². The number of nitrogens with zero attached hydrogens (tertiary/aromatic N) is 1. The molecule has 0 aliphatic heterocycles. The summed E-state index contributed by atoms with van der Waals surface area (Å²) < 4.78 is 1.73. The molecular weight excluding hydrogens is 276 g/mol. The van der Waals surface area contributed by atoms with Crippen LogP contribution in [0.25, 0.3) is 0 Å². The molecule has 3 nitrogen and oxygen atoms in total. The van der Waals surface area contributed by atoms with Gasteiger partial charge in [-0.2, -0.15) is 4.73 Å². The van der Waals surface area contributed by atoms with Crippen molar-refractivity contribution in [2.45, 2.75) is 0 Å². The standard InChI is InChI=1S/C6H6Br2N2O/c1-9-4-2-3-5(7)10(11)6(4)8/h2-3,9H,1H3. The summed E-state index contributed by atoms with van der Waals surface area (Å²) >= 11 is 6.25. The molecule has 0 saturated heterocycles. The summed E-state index contributed by atoms with van der Waals surface area (Å²) in [4.78, 5) is 0. The molecule has 0 saturated carbocycles. The zero-order chi connectivity index (χ0) is 8.43. The van der Waals surface area contributed by atoms with Crippen molar-refractivity contribution >= 4 is 37.5 Å². The van der Waals surface area contributed by atoms with Gasteiger partial charge in [-0.05, 0) is 6.07 Å². The summed E-state index contributed by atoms with van der Waals surface area (Å²) in [6, 6.07) is 3.49. The number of anilines is 1. The lowest BCUT2D eigenvalue weighted by atomic mass is 10.4. The zero-order valence-electron chi connectivity index (χ0n) is 5.77. The number of rotatable bonds is 1. The van der Waals surface area contributed by atoms with Crippen molar-refractivity contribution in [3.8, 4) is 0 Å². The van der Waals surface area contributed by atoms with Gasteiger partial charge in [0.15, 0.2) is 0 Å². The molecule has 1 rings (SSSR count). The van der Waals surface area contributed by atoms with E-state index >= 15 is 0 Å². The average Bonchev–Trinajstić information content (AvgIpc) is 2.01. The van der Waals surface area contributed by atoms with Crippen molar-refractivity contribution < 1.29 is 4.73 Å². The van der Waals surface area contributed by atoms with Gasteiger partial charge in [0, 0.05) is 45.0 Å². The van der Waals surface area contributed by atoms with Crippen LogP contribution in [0, 0.1) is 5.21 Å². The van der Waals surface area contributed by atoms with E-state index in [-0.39, 0.29) is 0 Å². The zero-order valence-corrected chi connectivity index (χ0v) is 8.94. The molecule has 0 radical (unpaired) electrons. The molecule has 0 unspecified atom stereocenters. The number of hydrogen-bond donors (Lipinski definition) is 1. The van der Waals surface area contributed by atoms with E-state index in [1.807, 2.05) is 6.07 Å². The van der Waals surface area contributed by atoms with E-state index < -0.39 is 0 Å². The lowest BCUT2D eigenvalue weighted by Gasteiger charge is -2.04. The highest BCUT2D eigenvalue weighted by molar-refractivity contribution is 9.11. The smallest absolute Gasteiger partial charge is 0.283 e. The van der Waals surface area contributed by atoms with Crippen LogP contribution in [0.15, 0.2) is 21.3 Å². The molecule has 0 aliphatic rings. The molecule has 0 aliphatic carbocycles. The summed E-state index contributed by atoms with van der Waals surface area (Å²) in [5, 5.41) is 14.0. The largest absolute Gasteiger partial charge is 0.617 e. The van der Waals surface area contributed by atoms with Gasteiger partial charge >= 0.3 is 0 Å². The Morgan fingerprint density at radius 1 is 1.45 bits per heavy atom.